The molecule has 0 aliphatic heterocycles. The lowest BCUT2D eigenvalue weighted by Gasteiger charge is -2.07. The van der Waals surface area contributed by atoms with E-state index in [0.717, 1.165) is 5.56 Å². The van der Waals surface area contributed by atoms with Crippen LogP contribution >= 0.6 is 0 Å². The quantitative estimate of drug-likeness (QED) is 0.873. The minimum absolute atomic E-state index is 0.0686. The van der Waals surface area contributed by atoms with Gasteiger partial charge in [-0.05, 0) is 18.2 Å². The molecule has 0 bridgehead atoms. The van der Waals surface area contributed by atoms with Crippen LogP contribution in [0.25, 0.3) is 11.4 Å². The van der Waals surface area contributed by atoms with E-state index < -0.39 is 0 Å². The van der Waals surface area contributed by atoms with E-state index in [0.29, 0.717) is 29.6 Å². The lowest BCUT2D eigenvalue weighted by atomic mass is 10.2. The zero-order valence-electron chi connectivity index (χ0n) is 12.2. The van der Waals surface area contributed by atoms with Crippen LogP contribution in [0.2, 0.25) is 0 Å². The largest absolute Gasteiger partial charge is 0.493 e. The number of benzene rings is 1. The number of ether oxygens (including phenoxy) is 2. The Morgan fingerprint density at radius 3 is 2.71 bits per heavy atom. The van der Waals surface area contributed by atoms with Crippen molar-refractivity contribution in [3.63, 3.8) is 0 Å². The molecule has 7 heteroatoms. The first-order valence-electron chi connectivity index (χ1n) is 6.49. The van der Waals surface area contributed by atoms with E-state index in [1.54, 1.807) is 39.3 Å². The summed E-state index contributed by atoms with van der Waals surface area (Å²) >= 11 is 0. The predicted octanol–water partition coefficient (Wildman–Crippen LogP) is 1.78. The molecule has 0 spiro atoms. The number of carbonyl (C=O) groups is 1. The first kappa shape index (κ1) is 14.8. The highest BCUT2D eigenvalue weighted by Gasteiger charge is 2.12. The van der Waals surface area contributed by atoms with Crippen molar-refractivity contribution in [1.29, 1.82) is 0 Å². The number of nitrogens with zero attached hydrogens (tertiary/aromatic N) is 2. The molecule has 0 atom stereocenters. The van der Waals surface area contributed by atoms with Crippen molar-refractivity contribution in [3.05, 3.63) is 24.1 Å². The second-order valence-electron chi connectivity index (χ2n) is 4.21. The van der Waals surface area contributed by atoms with Crippen LogP contribution in [0, 0.1) is 0 Å². The SMILES string of the molecule is CCC(=O)NCc1nc(-c2ccc(OC)c(OC)c2)no1. The van der Waals surface area contributed by atoms with Crippen LogP contribution in [0.15, 0.2) is 22.7 Å². The summed E-state index contributed by atoms with van der Waals surface area (Å²) < 4.78 is 15.5. The smallest absolute Gasteiger partial charge is 0.246 e. The van der Waals surface area contributed by atoms with E-state index >= 15 is 0 Å². The second kappa shape index (κ2) is 6.74. The molecule has 0 fully saturated rings. The van der Waals surface area contributed by atoms with Crippen LogP contribution in [0.4, 0.5) is 0 Å². The third kappa shape index (κ3) is 3.50. The lowest BCUT2D eigenvalue weighted by Crippen LogP contribution is -2.21. The molecule has 0 radical (unpaired) electrons. The molecule has 0 aliphatic carbocycles. The van der Waals surface area contributed by atoms with Gasteiger partial charge in [0, 0.05) is 12.0 Å². The van der Waals surface area contributed by atoms with Gasteiger partial charge in [0.15, 0.2) is 11.5 Å². The molecule has 0 unspecified atom stereocenters. The fraction of sp³-hybridized carbons (Fsp3) is 0.357. The van der Waals surface area contributed by atoms with Crippen molar-refractivity contribution < 1.29 is 18.8 Å². The first-order valence-corrected chi connectivity index (χ1v) is 6.49. The van der Waals surface area contributed by atoms with Gasteiger partial charge in [-0.3, -0.25) is 4.79 Å². The fourth-order valence-electron chi connectivity index (χ4n) is 1.72. The van der Waals surface area contributed by atoms with Gasteiger partial charge in [-0.1, -0.05) is 12.1 Å². The molecule has 0 saturated heterocycles. The maximum absolute atomic E-state index is 11.2. The number of rotatable bonds is 6. The van der Waals surface area contributed by atoms with Gasteiger partial charge in [0.2, 0.25) is 17.6 Å². The first-order chi connectivity index (χ1) is 10.2. The second-order valence-corrected chi connectivity index (χ2v) is 4.21. The highest BCUT2D eigenvalue weighted by atomic mass is 16.5. The average molecular weight is 291 g/mol. The Morgan fingerprint density at radius 1 is 1.29 bits per heavy atom. The fourth-order valence-corrected chi connectivity index (χ4v) is 1.72. The summed E-state index contributed by atoms with van der Waals surface area (Å²) in [6, 6.07) is 5.34. The van der Waals surface area contributed by atoms with Gasteiger partial charge in [-0.25, -0.2) is 0 Å². The van der Waals surface area contributed by atoms with E-state index in [4.69, 9.17) is 14.0 Å². The molecule has 1 aromatic heterocycles. The Balaban J connectivity index is 2.15. The molecular weight excluding hydrogens is 274 g/mol. The molecule has 2 rings (SSSR count). The maximum atomic E-state index is 11.2. The van der Waals surface area contributed by atoms with Crippen molar-refractivity contribution in [2.75, 3.05) is 14.2 Å². The zero-order chi connectivity index (χ0) is 15.2. The summed E-state index contributed by atoms with van der Waals surface area (Å²) in [4.78, 5) is 15.4. The Hall–Kier alpha value is -2.57. The number of amides is 1. The Kier molecular flexibility index (Phi) is 4.76. The molecule has 112 valence electrons. The summed E-state index contributed by atoms with van der Waals surface area (Å²) in [5, 5.41) is 6.56. The van der Waals surface area contributed by atoms with Gasteiger partial charge in [0.05, 0.1) is 20.8 Å². The molecule has 1 heterocycles. The summed E-state index contributed by atoms with van der Waals surface area (Å²) in [6.07, 6.45) is 0.413. The normalized spacial score (nSPS) is 10.2. The number of carbonyl (C=O) groups excluding carboxylic acids is 1. The Morgan fingerprint density at radius 2 is 2.05 bits per heavy atom. The van der Waals surface area contributed by atoms with Crippen LogP contribution in [-0.2, 0) is 11.3 Å². The highest BCUT2D eigenvalue weighted by molar-refractivity contribution is 5.75. The molecule has 1 N–H and O–H groups in total. The molecular formula is C14H17N3O4. The molecule has 0 aliphatic rings. The van der Waals surface area contributed by atoms with E-state index in [-0.39, 0.29) is 12.5 Å². The molecule has 21 heavy (non-hydrogen) atoms. The van der Waals surface area contributed by atoms with Crippen molar-refractivity contribution in [1.82, 2.24) is 15.5 Å². The minimum atomic E-state index is -0.0686. The van der Waals surface area contributed by atoms with Crippen LogP contribution in [0.3, 0.4) is 0 Å². The van der Waals surface area contributed by atoms with Crippen molar-refractivity contribution in [3.8, 4) is 22.9 Å². The van der Waals surface area contributed by atoms with Gasteiger partial charge in [0.25, 0.3) is 0 Å². The van der Waals surface area contributed by atoms with Crippen molar-refractivity contribution >= 4 is 5.91 Å². The number of nitrogens with one attached hydrogen (secondary N) is 1. The van der Waals surface area contributed by atoms with Crippen molar-refractivity contribution in [2.24, 2.45) is 0 Å². The van der Waals surface area contributed by atoms with Crippen LogP contribution < -0.4 is 14.8 Å². The summed E-state index contributed by atoms with van der Waals surface area (Å²) in [5.74, 6) is 1.92. The zero-order valence-corrected chi connectivity index (χ0v) is 12.2. The Bertz CT molecular complexity index is 624. The Labute approximate surface area is 122 Å². The monoisotopic (exact) mass is 291 g/mol. The van der Waals surface area contributed by atoms with E-state index in [1.807, 2.05) is 0 Å². The highest BCUT2D eigenvalue weighted by Crippen LogP contribution is 2.31. The number of hydrogen-bond donors (Lipinski definition) is 1. The molecule has 0 saturated carbocycles. The maximum Gasteiger partial charge on any atom is 0.246 e. The van der Waals surface area contributed by atoms with Gasteiger partial charge in [0.1, 0.15) is 0 Å². The number of aromatic nitrogens is 2. The third-order valence-electron chi connectivity index (χ3n) is 2.87. The third-order valence-corrected chi connectivity index (χ3v) is 2.87. The van der Waals surface area contributed by atoms with Crippen LogP contribution in [-0.4, -0.2) is 30.3 Å². The van der Waals surface area contributed by atoms with E-state index in [2.05, 4.69) is 15.5 Å². The van der Waals surface area contributed by atoms with Crippen molar-refractivity contribution in [2.45, 2.75) is 19.9 Å². The molecule has 2 aromatic rings. The topological polar surface area (TPSA) is 86.5 Å². The predicted molar refractivity (Wildman–Crippen MR) is 75.0 cm³/mol. The van der Waals surface area contributed by atoms with Crippen LogP contribution in [0.1, 0.15) is 19.2 Å². The average Bonchev–Trinajstić information content (AvgIpc) is 3.00. The molecule has 1 amide bonds. The summed E-state index contributed by atoms with van der Waals surface area (Å²) in [5.41, 5.74) is 0.740. The minimum Gasteiger partial charge on any atom is -0.493 e. The summed E-state index contributed by atoms with van der Waals surface area (Å²) in [7, 11) is 3.13. The number of methoxy groups -OCH3 is 2. The van der Waals surface area contributed by atoms with E-state index in [9.17, 15) is 4.79 Å². The standard InChI is InChI=1S/C14H17N3O4/c1-4-12(18)15-8-13-16-14(17-21-13)9-5-6-10(19-2)11(7-9)20-3/h5-7H,4,8H2,1-3H3,(H,15,18). The molecule has 1 aromatic carbocycles. The van der Waals surface area contributed by atoms with E-state index in [1.165, 1.54) is 0 Å². The van der Waals surface area contributed by atoms with Gasteiger partial charge >= 0.3 is 0 Å². The lowest BCUT2D eigenvalue weighted by molar-refractivity contribution is -0.121. The molecule has 7 nitrogen and oxygen atoms in total. The van der Waals surface area contributed by atoms with Gasteiger partial charge in [-0.15, -0.1) is 0 Å². The van der Waals surface area contributed by atoms with Gasteiger partial charge in [-0.2, -0.15) is 4.98 Å². The summed E-state index contributed by atoms with van der Waals surface area (Å²) in [6.45, 7) is 1.99. The number of hydrogen-bond acceptors (Lipinski definition) is 6. The van der Waals surface area contributed by atoms with Crippen LogP contribution in [0.5, 0.6) is 11.5 Å². The van der Waals surface area contributed by atoms with Gasteiger partial charge < -0.3 is 19.3 Å².